The lowest BCUT2D eigenvalue weighted by atomic mass is 10.1. The van der Waals surface area contributed by atoms with Gasteiger partial charge in [0.1, 0.15) is 5.69 Å². The molecule has 1 amide bonds. The molecule has 0 spiro atoms. The maximum absolute atomic E-state index is 12.1. The van der Waals surface area contributed by atoms with E-state index in [1.807, 2.05) is 19.1 Å². The summed E-state index contributed by atoms with van der Waals surface area (Å²) in [4.78, 5) is 15.4. The number of nitrogens with zero attached hydrogens (tertiary/aromatic N) is 2. The first-order chi connectivity index (χ1) is 11.2. The molecule has 2 aromatic heterocycles. The van der Waals surface area contributed by atoms with Crippen LogP contribution in [0, 0.1) is 6.92 Å². The summed E-state index contributed by atoms with van der Waals surface area (Å²) in [6.07, 6.45) is 1.78. The highest BCUT2D eigenvalue weighted by molar-refractivity contribution is 5.92. The molecule has 6 nitrogen and oxygen atoms in total. The number of amides is 1. The minimum Gasteiger partial charge on any atom is -0.383 e. The summed E-state index contributed by atoms with van der Waals surface area (Å²) in [6.45, 7) is 3.71. The van der Waals surface area contributed by atoms with Gasteiger partial charge in [-0.3, -0.25) is 9.48 Å². The minimum absolute atomic E-state index is 0.175. The summed E-state index contributed by atoms with van der Waals surface area (Å²) < 4.78 is 6.70. The lowest BCUT2D eigenvalue weighted by Gasteiger charge is -2.04. The first-order valence-corrected chi connectivity index (χ1v) is 7.54. The normalized spacial score (nSPS) is 11.0. The van der Waals surface area contributed by atoms with Crippen LogP contribution >= 0.6 is 0 Å². The molecule has 1 aromatic carbocycles. The van der Waals surface area contributed by atoms with Gasteiger partial charge in [-0.2, -0.15) is 5.10 Å². The summed E-state index contributed by atoms with van der Waals surface area (Å²) >= 11 is 0. The molecule has 3 rings (SSSR count). The van der Waals surface area contributed by atoms with Gasteiger partial charge in [0, 0.05) is 31.1 Å². The predicted molar refractivity (Wildman–Crippen MR) is 88.3 cm³/mol. The topological polar surface area (TPSA) is 71.9 Å². The van der Waals surface area contributed by atoms with E-state index in [2.05, 4.69) is 27.5 Å². The Balaban J connectivity index is 1.62. The van der Waals surface area contributed by atoms with E-state index in [1.54, 1.807) is 24.1 Å². The Kier molecular flexibility index (Phi) is 4.43. The molecule has 0 fully saturated rings. The van der Waals surface area contributed by atoms with Crippen molar-refractivity contribution in [3.8, 4) is 0 Å². The Morgan fingerprint density at radius 1 is 1.35 bits per heavy atom. The molecule has 0 saturated carbocycles. The summed E-state index contributed by atoms with van der Waals surface area (Å²) in [5.41, 5.74) is 3.71. The van der Waals surface area contributed by atoms with Gasteiger partial charge >= 0.3 is 0 Å². The van der Waals surface area contributed by atoms with Crippen molar-refractivity contribution in [2.45, 2.75) is 20.0 Å². The monoisotopic (exact) mass is 312 g/mol. The van der Waals surface area contributed by atoms with Crippen molar-refractivity contribution in [1.82, 2.24) is 20.1 Å². The molecule has 6 heteroatoms. The average molecular weight is 312 g/mol. The Bertz CT molecular complexity index is 819. The summed E-state index contributed by atoms with van der Waals surface area (Å²) in [7, 11) is 1.64. The number of H-pyrrole nitrogens is 1. The molecule has 120 valence electrons. The molecule has 0 atom stereocenters. The molecule has 3 aromatic rings. The summed E-state index contributed by atoms with van der Waals surface area (Å²) in [5.74, 6) is -0.175. The molecular weight excluding hydrogens is 292 g/mol. The van der Waals surface area contributed by atoms with E-state index >= 15 is 0 Å². The van der Waals surface area contributed by atoms with Gasteiger partial charge in [0.15, 0.2) is 0 Å². The van der Waals surface area contributed by atoms with Crippen LogP contribution in [0.2, 0.25) is 0 Å². The number of methoxy groups -OCH3 is 1. The third kappa shape index (κ3) is 3.60. The molecule has 0 aliphatic carbocycles. The lowest BCUT2D eigenvalue weighted by molar-refractivity contribution is 0.0944. The van der Waals surface area contributed by atoms with Gasteiger partial charge in [-0.05, 0) is 42.1 Å². The van der Waals surface area contributed by atoms with Crippen LogP contribution in [0.15, 0.2) is 36.5 Å². The number of ether oxygens (including phenoxy) is 1. The van der Waals surface area contributed by atoms with E-state index in [-0.39, 0.29) is 5.91 Å². The maximum atomic E-state index is 12.1. The largest absolute Gasteiger partial charge is 0.383 e. The predicted octanol–water partition coefficient (Wildman–Crippen LogP) is 2.25. The Hall–Kier alpha value is -2.60. The van der Waals surface area contributed by atoms with Gasteiger partial charge in [-0.1, -0.05) is 6.07 Å². The highest BCUT2D eigenvalue weighted by Gasteiger charge is 2.09. The zero-order valence-corrected chi connectivity index (χ0v) is 13.3. The van der Waals surface area contributed by atoms with Crippen molar-refractivity contribution in [2.24, 2.45) is 0 Å². The van der Waals surface area contributed by atoms with E-state index < -0.39 is 0 Å². The van der Waals surface area contributed by atoms with Gasteiger partial charge in [0.2, 0.25) is 0 Å². The fourth-order valence-electron chi connectivity index (χ4n) is 2.50. The zero-order valence-electron chi connectivity index (χ0n) is 13.3. The SMILES string of the molecule is COCCn1ccc(C(=O)NCc2ccc3[nH]c(C)cc3c2)n1. The summed E-state index contributed by atoms with van der Waals surface area (Å²) in [5, 5.41) is 8.28. The number of rotatable bonds is 6. The average Bonchev–Trinajstić information content (AvgIpc) is 3.15. The standard InChI is InChI=1S/C17H20N4O2/c1-12-9-14-10-13(3-4-15(14)19-12)11-18-17(22)16-5-6-21(20-16)7-8-23-2/h3-6,9-10,19H,7-8,11H2,1-2H3,(H,18,22). The summed E-state index contributed by atoms with van der Waals surface area (Å²) in [6, 6.07) is 9.93. The molecule has 2 heterocycles. The van der Waals surface area contributed by atoms with Crippen molar-refractivity contribution < 1.29 is 9.53 Å². The van der Waals surface area contributed by atoms with Gasteiger partial charge in [-0.25, -0.2) is 0 Å². The van der Waals surface area contributed by atoms with Crippen LogP contribution in [0.25, 0.3) is 10.9 Å². The second kappa shape index (κ2) is 6.66. The van der Waals surface area contributed by atoms with Crippen LogP contribution in [-0.2, 0) is 17.8 Å². The number of carbonyl (C=O) groups excluding carboxylic acids is 1. The first kappa shape index (κ1) is 15.3. The Labute approximate surface area is 134 Å². The number of aromatic nitrogens is 3. The molecule has 23 heavy (non-hydrogen) atoms. The van der Waals surface area contributed by atoms with Crippen molar-refractivity contribution >= 4 is 16.8 Å². The molecule has 0 aliphatic rings. The third-order valence-electron chi connectivity index (χ3n) is 3.67. The number of aromatic amines is 1. The zero-order chi connectivity index (χ0) is 16.2. The van der Waals surface area contributed by atoms with E-state index in [9.17, 15) is 4.79 Å². The highest BCUT2D eigenvalue weighted by atomic mass is 16.5. The van der Waals surface area contributed by atoms with Crippen molar-refractivity contribution in [1.29, 1.82) is 0 Å². The van der Waals surface area contributed by atoms with Crippen LogP contribution in [0.5, 0.6) is 0 Å². The number of carbonyl (C=O) groups is 1. The van der Waals surface area contributed by atoms with Crippen molar-refractivity contribution in [3.05, 3.63) is 53.5 Å². The van der Waals surface area contributed by atoms with Crippen LogP contribution in [0.4, 0.5) is 0 Å². The van der Waals surface area contributed by atoms with Crippen molar-refractivity contribution in [2.75, 3.05) is 13.7 Å². The highest BCUT2D eigenvalue weighted by Crippen LogP contribution is 2.16. The van der Waals surface area contributed by atoms with Crippen molar-refractivity contribution in [3.63, 3.8) is 0 Å². The Morgan fingerprint density at radius 2 is 2.22 bits per heavy atom. The quantitative estimate of drug-likeness (QED) is 0.733. The number of hydrogen-bond acceptors (Lipinski definition) is 3. The fourth-order valence-corrected chi connectivity index (χ4v) is 2.50. The number of fused-ring (bicyclic) bond motifs is 1. The van der Waals surface area contributed by atoms with Gasteiger partial charge < -0.3 is 15.0 Å². The van der Waals surface area contributed by atoms with E-state index in [1.165, 1.54) is 0 Å². The van der Waals surface area contributed by atoms with Crippen LogP contribution < -0.4 is 5.32 Å². The number of hydrogen-bond donors (Lipinski definition) is 2. The van der Waals surface area contributed by atoms with Gasteiger partial charge in [-0.15, -0.1) is 0 Å². The van der Waals surface area contributed by atoms with E-state index in [0.717, 1.165) is 22.2 Å². The molecule has 0 aliphatic heterocycles. The van der Waals surface area contributed by atoms with Crippen LogP contribution in [0.3, 0.4) is 0 Å². The molecule has 0 saturated heterocycles. The smallest absolute Gasteiger partial charge is 0.272 e. The Morgan fingerprint density at radius 3 is 3.04 bits per heavy atom. The number of aryl methyl sites for hydroxylation is 1. The second-order valence-electron chi connectivity index (χ2n) is 5.51. The minimum atomic E-state index is -0.175. The van der Waals surface area contributed by atoms with Crippen LogP contribution in [0.1, 0.15) is 21.7 Å². The molecule has 0 unspecified atom stereocenters. The molecule has 2 N–H and O–H groups in total. The third-order valence-corrected chi connectivity index (χ3v) is 3.67. The first-order valence-electron chi connectivity index (χ1n) is 7.54. The fraction of sp³-hybridized carbons (Fsp3) is 0.294. The van der Waals surface area contributed by atoms with Crippen LogP contribution in [-0.4, -0.2) is 34.4 Å². The second-order valence-corrected chi connectivity index (χ2v) is 5.51. The lowest BCUT2D eigenvalue weighted by Crippen LogP contribution is -2.23. The number of nitrogens with one attached hydrogen (secondary N) is 2. The molecular formula is C17H20N4O2. The van der Waals surface area contributed by atoms with E-state index in [0.29, 0.717) is 25.4 Å². The van der Waals surface area contributed by atoms with Gasteiger partial charge in [0.05, 0.1) is 13.2 Å². The molecule has 0 radical (unpaired) electrons. The van der Waals surface area contributed by atoms with Gasteiger partial charge in [0.25, 0.3) is 5.91 Å². The maximum Gasteiger partial charge on any atom is 0.272 e. The number of benzene rings is 1. The van der Waals surface area contributed by atoms with E-state index in [4.69, 9.17) is 4.74 Å². The molecule has 0 bridgehead atoms.